The van der Waals surface area contributed by atoms with E-state index in [1.54, 1.807) is 12.1 Å². The number of rotatable bonds is 5. The molecule has 29 heavy (non-hydrogen) atoms. The fourth-order valence-corrected chi connectivity index (χ4v) is 6.50. The van der Waals surface area contributed by atoms with Gasteiger partial charge in [0.15, 0.2) is 0 Å². The third-order valence-corrected chi connectivity index (χ3v) is 8.64. The summed E-state index contributed by atoms with van der Waals surface area (Å²) < 4.78 is 32.2. The maximum atomic E-state index is 12.9. The predicted molar refractivity (Wildman–Crippen MR) is 111 cm³/mol. The van der Waals surface area contributed by atoms with Gasteiger partial charge in [-0.3, -0.25) is 4.79 Å². The van der Waals surface area contributed by atoms with Crippen LogP contribution in [0.1, 0.15) is 50.5 Å². The van der Waals surface area contributed by atoms with Gasteiger partial charge >= 0.3 is 0 Å². The molecule has 1 aliphatic carbocycles. The van der Waals surface area contributed by atoms with Crippen LogP contribution in [0.4, 0.5) is 0 Å². The summed E-state index contributed by atoms with van der Waals surface area (Å²) in [7, 11) is -3.46. The molecule has 3 aliphatic rings. The molecule has 6 nitrogen and oxygen atoms in total. The standard InChI is InChI=1S/C22H32N2O4S/c25-22(24-13-3-5-19-4-1-2-6-21(19)24)12-9-18-7-10-20(11-8-18)29(26,27)23-14-16-28-17-15-23/h7-8,10-11,19,21H,1-6,9,12-17H2. The highest BCUT2D eigenvalue weighted by Gasteiger charge is 2.35. The van der Waals surface area contributed by atoms with Crippen molar-refractivity contribution in [3.8, 4) is 0 Å². The molecule has 1 aromatic rings. The first-order valence-corrected chi connectivity index (χ1v) is 12.5. The number of nitrogens with zero attached hydrogens (tertiary/aromatic N) is 2. The van der Waals surface area contributed by atoms with Crippen LogP contribution in [-0.2, 0) is 26.0 Å². The van der Waals surface area contributed by atoms with Crippen molar-refractivity contribution in [3.63, 3.8) is 0 Å². The van der Waals surface area contributed by atoms with Crippen LogP contribution in [0.15, 0.2) is 29.2 Å². The number of amides is 1. The van der Waals surface area contributed by atoms with Crippen molar-refractivity contribution in [2.24, 2.45) is 5.92 Å². The highest BCUT2D eigenvalue weighted by molar-refractivity contribution is 7.89. The molecule has 2 atom stereocenters. The average Bonchev–Trinajstić information content (AvgIpc) is 2.78. The minimum absolute atomic E-state index is 0.256. The number of hydrogen-bond donors (Lipinski definition) is 0. The van der Waals surface area contributed by atoms with Crippen LogP contribution in [0, 0.1) is 5.92 Å². The summed E-state index contributed by atoms with van der Waals surface area (Å²) in [4.78, 5) is 15.3. The number of sulfonamides is 1. The molecule has 0 bridgehead atoms. The van der Waals surface area contributed by atoms with E-state index in [2.05, 4.69) is 4.90 Å². The summed E-state index contributed by atoms with van der Waals surface area (Å²) in [6.07, 6.45) is 8.53. The van der Waals surface area contributed by atoms with Gasteiger partial charge in [-0.1, -0.05) is 25.0 Å². The molecule has 2 heterocycles. The molecule has 160 valence electrons. The Labute approximate surface area is 174 Å². The van der Waals surface area contributed by atoms with E-state index in [1.807, 2.05) is 12.1 Å². The quantitative estimate of drug-likeness (QED) is 0.735. The molecule has 2 saturated heterocycles. The van der Waals surface area contributed by atoms with Gasteiger partial charge in [0.2, 0.25) is 15.9 Å². The summed E-state index contributed by atoms with van der Waals surface area (Å²) in [6.45, 7) is 2.58. The monoisotopic (exact) mass is 420 g/mol. The molecule has 4 rings (SSSR count). The number of benzene rings is 1. The predicted octanol–water partition coefficient (Wildman–Crippen LogP) is 2.82. The van der Waals surface area contributed by atoms with Crippen LogP contribution < -0.4 is 0 Å². The van der Waals surface area contributed by atoms with Gasteiger partial charge in [-0.05, 0) is 55.7 Å². The van der Waals surface area contributed by atoms with Crippen LogP contribution in [0.3, 0.4) is 0 Å². The molecule has 1 amide bonds. The minimum Gasteiger partial charge on any atom is -0.379 e. The highest BCUT2D eigenvalue weighted by Crippen LogP contribution is 2.35. The molecule has 2 unspecified atom stereocenters. The van der Waals surface area contributed by atoms with E-state index in [0.29, 0.717) is 56.0 Å². The largest absolute Gasteiger partial charge is 0.379 e. The fourth-order valence-electron chi connectivity index (χ4n) is 5.09. The van der Waals surface area contributed by atoms with Crippen LogP contribution in [0.25, 0.3) is 0 Å². The number of morpholine rings is 1. The second kappa shape index (κ2) is 9.14. The normalized spacial score (nSPS) is 26.1. The lowest BCUT2D eigenvalue weighted by atomic mass is 9.78. The summed E-state index contributed by atoms with van der Waals surface area (Å²) in [5.41, 5.74) is 1.01. The molecule has 0 aromatic heterocycles. The molecule has 0 radical (unpaired) electrons. The Bertz CT molecular complexity index is 801. The Morgan fingerprint density at radius 1 is 0.966 bits per heavy atom. The van der Waals surface area contributed by atoms with Crippen molar-refractivity contribution in [1.29, 1.82) is 0 Å². The van der Waals surface area contributed by atoms with Crippen LogP contribution in [0.5, 0.6) is 0 Å². The molecule has 1 aromatic carbocycles. The van der Waals surface area contributed by atoms with Crippen LogP contribution in [-0.4, -0.2) is 62.4 Å². The number of carbonyl (C=O) groups excluding carboxylic acids is 1. The van der Waals surface area contributed by atoms with Crippen LogP contribution >= 0.6 is 0 Å². The molecule has 0 N–H and O–H groups in total. The lowest BCUT2D eigenvalue weighted by Gasteiger charge is -2.44. The molecule has 3 fully saturated rings. The van der Waals surface area contributed by atoms with Crippen molar-refractivity contribution in [2.45, 2.75) is 62.3 Å². The Kier molecular flexibility index (Phi) is 6.56. The first-order chi connectivity index (χ1) is 14.1. The molecule has 0 spiro atoms. The fraction of sp³-hybridized carbons (Fsp3) is 0.682. The Morgan fingerprint density at radius 2 is 1.66 bits per heavy atom. The van der Waals surface area contributed by atoms with Gasteiger partial charge in [0.05, 0.1) is 18.1 Å². The molecule has 1 saturated carbocycles. The van der Waals surface area contributed by atoms with Crippen molar-refractivity contribution in [2.75, 3.05) is 32.8 Å². The summed E-state index contributed by atoms with van der Waals surface area (Å²) >= 11 is 0. The van der Waals surface area contributed by atoms with Gasteiger partial charge < -0.3 is 9.64 Å². The Morgan fingerprint density at radius 3 is 2.41 bits per heavy atom. The Hall–Kier alpha value is -1.44. The Balaban J connectivity index is 1.34. The smallest absolute Gasteiger partial charge is 0.243 e. The van der Waals surface area contributed by atoms with Crippen molar-refractivity contribution >= 4 is 15.9 Å². The summed E-state index contributed by atoms with van der Waals surface area (Å²) in [5.74, 6) is 0.956. The number of carbonyl (C=O) groups is 1. The minimum atomic E-state index is -3.46. The molecule has 2 aliphatic heterocycles. The van der Waals surface area contributed by atoms with Gasteiger partial charge in [-0.15, -0.1) is 0 Å². The number of hydrogen-bond acceptors (Lipinski definition) is 4. The lowest BCUT2D eigenvalue weighted by Crippen LogP contribution is -2.49. The first-order valence-electron chi connectivity index (χ1n) is 11.0. The third-order valence-electron chi connectivity index (χ3n) is 6.72. The zero-order valence-electron chi connectivity index (χ0n) is 17.1. The number of piperidine rings is 1. The van der Waals surface area contributed by atoms with E-state index in [0.717, 1.165) is 24.9 Å². The van der Waals surface area contributed by atoms with E-state index in [-0.39, 0.29) is 5.91 Å². The van der Waals surface area contributed by atoms with Gasteiger partial charge in [0.25, 0.3) is 0 Å². The number of likely N-dealkylation sites (tertiary alicyclic amines) is 1. The second-order valence-corrected chi connectivity index (χ2v) is 10.4. The van der Waals surface area contributed by atoms with E-state index < -0.39 is 10.0 Å². The number of fused-ring (bicyclic) bond motifs is 1. The van der Waals surface area contributed by atoms with E-state index >= 15 is 0 Å². The van der Waals surface area contributed by atoms with Crippen molar-refractivity contribution in [1.82, 2.24) is 9.21 Å². The topological polar surface area (TPSA) is 66.9 Å². The van der Waals surface area contributed by atoms with Gasteiger partial charge in [0.1, 0.15) is 0 Å². The SMILES string of the molecule is O=C(CCc1ccc(S(=O)(=O)N2CCOCC2)cc1)N1CCCC2CCCCC21. The summed E-state index contributed by atoms with van der Waals surface area (Å²) in [5, 5.41) is 0. The van der Waals surface area contributed by atoms with Crippen molar-refractivity contribution < 1.29 is 17.9 Å². The van der Waals surface area contributed by atoms with E-state index in [4.69, 9.17) is 4.74 Å². The zero-order valence-corrected chi connectivity index (χ0v) is 17.9. The molecular formula is C22H32N2O4S. The van der Waals surface area contributed by atoms with Gasteiger partial charge in [-0.25, -0.2) is 8.42 Å². The maximum Gasteiger partial charge on any atom is 0.243 e. The van der Waals surface area contributed by atoms with E-state index in [9.17, 15) is 13.2 Å². The second-order valence-electron chi connectivity index (χ2n) is 8.50. The summed E-state index contributed by atoms with van der Waals surface area (Å²) in [6, 6.07) is 7.48. The third kappa shape index (κ3) is 4.67. The van der Waals surface area contributed by atoms with E-state index in [1.165, 1.54) is 30.0 Å². The molecule has 7 heteroatoms. The highest BCUT2D eigenvalue weighted by atomic mass is 32.2. The molecular weight excluding hydrogens is 388 g/mol. The maximum absolute atomic E-state index is 12.9. The average molecular weight is 421 g/mol. The van der Waals surface area contributed by atoms with Gasteiger partial charge in [-0.2, -0.15) is 4.31 Å². The van der Waals surface area contributed by atoms with Gasteiger partial charge in [0, 0.05) is 32.1 Å². The first kappa shape index (κ1) is 20.8. The number of ether oxygens (including phenoxy) is 1. The number of aryl methyl sites for hydroxylation is 1. The lowest BCUT2D eigenvalue weighted by molar-refractivity contribution is -0.137. The zero-order chi connectivity index (χ0) is 20.3. The van der Waals surface area contributed by atoms with Crippen LogP contribution in [0.2, 0.25) is 0 Å². The van der Waals surface area contributed by atoms with Crippen molar-refractivity contribution in [3.05, 3.63) is 29.8 Å².